The van der Waals surface area contributed by atoms with Gasteiger partial charge in [0.25, 0.3) is 5.56 Å². The van der Waals surface area contributed by atoms with Crippen LogP contribution in [0.2, 0.25) is 0 Å². The van der Waals surface area contributed by atoms with Gasteiger partial charge in [0, 0.05) is 10.0 Å². The molecule has 0 aliphatic carbocycles. The fourth-order valence-electron chi connectivity index (χ4n) is 3.53. The second-order valence-corrected chi connectivity index (χ2v) is 8.58. The first kappa shape index (κ1) is 21.8. The Morgan fingerprint density at radius 2 is 1.56 bits per heavy atom. The van der Waals surface area contributed by atoms with Crippen molar-refractivity contribution < 1.29 is 4.74 Å². The lowest BCUT2D eigenvalue weighted by Crippen LogP contribution is -2.20. The van der Waals surface area contributed by atoms with Crippen LogP contribution in [0.25, 0.3) is 22.3 Å². The normalized spacial score (nSPS) is 11.2. The van der Waals surface area contributed by atoms with E-state index in [1.54, 1.807) is 12.3 Å². The minimum absolute atomic E-state index is 0.213. The average Bonchev–Trinajstić information content (AvgIpc) is 2.89. The van der Waals surface area contributed by atoms with Crippen molar-refractivity contribution in [3.8, 4) is 17.1 Å². The summed E-state index contributed by atoms with van der Waals surface area (Å²) >= 11 is 3.44. The van der Waals surface area contributed by atoms with Crippen LogP contribution in [0.15, 0.2) is 117 Å². The molecule has 0 aliphatic heterocycles. The third kappa shape index (κ3) is 4.82. The summed E-state index contributed by atoms with van der Waals surface area (Å²) in [5, 5.41) is 5.03. The van der Waals surface area contributed by atoms with Crippen molar-refractivity contribution in [1.29, 1.82) is 0 Å². The lowest BCUT2D eigenvalue weighted by atomic mass is 10.2. The van der Waals surface area contributed by atoms with Gasteiger partial charge < -0.3 is 4.74 Å². The first-order valence-electron chi connectivity index (χ1n) is 10.8. The number of hydrogen-bond acceptors (Lipinski definition) is 4. The number of rotatable bonds is 6. The van der Waals surface area contributed by atoms with E-state index in [0.717, 1.165) is 26.9 Å². The number of benzene rings is 4. The molecule has 34 heavy (non-hydrogen) atoms. The van der Waals surface area contributed by atoms with E-state index in [1.807, 2.05) is 97.1 Å². The molecule has 0 unspecified atom stereocenters. The minimum atomic E-state index is -0.213. The van der Waals surface area contributed by atoms with Gasteiger partial charge in [-0.15, -0.1) is 0 Å². The highest BCUT2D eigenvalue weighted by atomic mass is 79.9. The Labute approximate surface area is 205 Å². The second kappa shape index (κ2) is 9.85. The van der Waals surface area contributed by atoms with E-state index in [9.17, 15) is 4.79 Å². The molecule has 6 heteroatoms. The van der Waals surface area contributed by atoms with Crippen LogP contribution in [0, 0.1) is 0 Å². The van der Waals surface area contributed by atoms with Gasteiger partial charge in [-0.25, -0.2) is 4.98 Å². The van der Waals surface area contributed by atoms with Crippen molar-refractivity contribution in [2.75, 3.05) is 0 Å². The standard InChI is InChI=1S/C28H20BrN3O2/c29-23-14-10-21(11-15-23)19-34-24-16-12-20(13-17-24)18-30-32-27(22-6-2-1-3-7-22)31-26-9-5-4-8-25(26)28(32)33/h1-18H,19H2. The number of nitrogens with zero attached hydrogens (tertiary/aromatic N) is 3. The molecule has 0 aliphatic rings. The highest BCUT2D eigenvalue weighted by Crippen LogP contribution is 2.19. The van der Waals surface area contributed by atoms with Crippen molar-refractivity contribution in [2.24, 2.45) is 5.10 Å². The zero-order valence-electron chi connectivity index (χ0n) is 18.1. The molecule has 0 amide bonds. The van der Waals surface area contributed by atoms with Crippen molar-refractivity contribution in [3.05, 3.63) is 129 Å². The average molecular weight is 510 g/mol. The molecule has 0 atom stereocenters. The number of aromatic nitrogens is 2. The van der Waals surface area contributed by atoms with Crippen molar-refractivity contribution in [2.45, 2.75) is 6.61 Å². The number of ether oxygens (including phenoxy) is 1. The van der Waals surface area contributed by atoms with Crippen LogP contribution in [-0.4, -0.2) is 15.9 Å². The molecule has 166 valence electrons. The Kier molecular flexibility index (Phi) is 6.31. The topological polar surface area (TPSA) is 56.5 Å². The van der Waals surface area contributed by atoms with E-state index in [1.165, 1.54) is 4.68 Å². The number of fused-ring (bicyclic) bond motifs is 1. The van der Waals surface area contributed by atoms with Gasteiger partial charge in [-0.1, -0.05) is 70.5 Å². The first-order chi connectivity index (χ1) is 16.7. The molecule has 4 aromatic carbocycles. The van der Waals surface area contributed by atoms with Crippen molar-refractivity contribution >= 4 is 33.0 Å². The third-order valence-electron chi connectivity index (χ3n) is 5.31. The molecule has 1 aromatic heterocycles. The van der Waals surface area contributed by atoms with Crippen LogP contribution < -0.4 is 10.3 Å². The summed E-state index contributed by atoms with van der Waals surface area (Å²) in [7, 11) is 0. The number of para-hydroxylation sites is 1. The zero-order valence-corrected chi connectivity index (χ0v) is 19.7. The van der Waals surface area contributed by atoms with E-state index in [-0.39, 0.29) is 5.56 Å². The maximum absolute atomic E-state index is 13.2. The smallest absolute Gasteiger partial charge is 0.282 e. The van der Waals surface area contributed by atoms with Gasteiger partial charge in [0.15, 0.2) is 5.82 Å². The monoisotopic (exact) mass is 509 g/mol. The summed E-state index contributed by atoms with van der Waals surface area (Å²) in [4.78, 5) is 17.9. The third-order valence-corrected chi connectivity index (χ3v) is 5.84. The Morgan fingerprint density at radius 1 is 0.853 bits per heavy atom. The summed E-state index contributed by atoms with van der Waals surface area (Å²) in [6.45, 7) is 0.485. The van der Waals surface area contributed by atoms with Gasteiger partial charge in [0.05, 0.1) is 17.1 Å². The zero-order chi connectivity index (χ0) is 23.3. The molecule has 5 nitrogen and oxygen atoms in total. The van der Waals surface area contributed by atoms with Crippen molar-refractivity contribution in [3.63, 3.8) is 0 Å². The van der Waals surface area contributed by atoms with Gasteiger partial charge in [0.1, 0.15) is 12.4 Å². The molecule has 0 radical (unpaired) electrons. The predicted octanol–water partition coefficient (Wildman–Crippen LogP) is 6.29. The maximum atomic E-state index is 13.2. The molecule has 0 N–H and O–H groups in total. The second-order valence-electron chi connectivity index (χ2n) is 7.66. The molecular weight excluding hydrogens is 490 g/mol. The van der Waals surface area contributed by atoms with E-state index in [2.05, 4.69) is 21.0 Å². The largest absolute Gasteiger partial charge is 0.489 e. The quantitative estimate of drug-likeness (QED) is 0.253. The molecule has 5 rings (SSSR count). The maximum Gasteiger partial charge on any atom is 0.282 e. The van der Waals surface area contributed by atoms with Gasteiger partial charge in [-0.05, 0) is 59.7 Å². The van der Waals surface area contributed by atoms with Crippen LogP contribution in [0.4, 0.5) is 0 Å². The highest BCUT2D eigenvalue weighted by molar-refractivity contribution is 9.10. The minimum Gasteiger partial charge on any atom is -0.489 e. The lowest BCUT2D eigenvalue weighted by molar-refractivity contribution is 0.306. The van der Waals surface area contributed by atoms with E-state index < -0.39 is 0 Å². The van der Waals surface area contributed by atoms with Gasteiger partial charge in [0.2, 0.25) is 0 Å². The van der Waals surface area contributed by atoms with E-state index >= 15 is 0 Å². The van der Waals surface area contributed by atoms with Crippen LogP contribution in [0.5, 0.6) is 5.75 Å². The van der Waals surface area contributed by atoms with E-state index in [4.69, 9.17) is 9.72 Å². The SMILES string of the molecule is O=c1c2ccccc2nc(-c2ccccc2)n1N=Cc1ccc(OCc2ccc(Br)cc2)cc1. The van der Waals surface area contributed by atoms with Crippen LogP contribution in [0.3, 0.4) is 0 Å². The molecule has 0 saturated heterocycles. The molecule has 0 spiro atoms. The van der Waals surface area contributed by atoms with Crippen LogP contribution in [0.1, 0.15) is 11.1 Å². The molecule has 0 fully saturated rings. The number of halogens is 1. The number of hydrogen-bond donors (Lipinski definition) is 0. The summed E-state index contributed by atoms with van der Waals surface area (Å²) < 4.78 is 8.26. The van der Waals surface area contributed by atoms with Gasteiger partial charge in [-0.2, -0.15) is 9.78 Å². The Bertz CT molecular complexity index is 1510. The Hall–Kier alpha value is -4.03. The first-order valence-corrected chi connectivity index (χ1v) is 11.6. The lowest BCUT2D eigenvalue weighted by Gasteiger charge is -2.09. The molecule has 0 bridgehead atoms. The summed E-state index contributed by atoms with van der Waals surface area (Å²) in [6, 6.07) is 32.5. The van der Waals surface area contributed by atoms with Crippen LogP contribution >= 0.6 is 15.9 Å². The fraction of sp³-hybridized carbons (Fsp3) is 0.0357. The van der Waals surface area contributed by atoms with Gasteiger partial charge >= 0.3 is 0 Å². The Balaban J connectivity index is 1.42. The van der Waals surface area contributed by atoms with Crippen LogP contribution in [-0.2, 0) is 6.61 Å². The van der Waals surface area contributed by atoms with E-state index in [0.29, 0.717) is 23.3 Å². The van der Waals surface area contributed by atoms with Crippen molar-refractivity contribution in [1.82, 2.24) is 9.66 Å². The fourth-order valence-corrected chi connectivity index (χ4v) is 3.79. The van der Waals surface area contributed by atoms with Gasteiger partial charge in [-0.3, -0.25) is 4.79 Å². The molecule has 5 aromatic rings. The molecule has 0 saturated carbocycles. The Morgan fingerprint density at radius 3 is 2.32 bits per heavy atom. The predicted molar refractivity (Wildman–Crippen MR) is 139 cm³/mol. The molecular formula is C28H20BrN3O2. The highest BCUT2D eigenvalue weighted by Gasteiger charge is 2.11. The summed E-state index contributed by atoms with van der Waals surface area (Å²) in [6.07, 6.45) is 1.66. The molecule has 1 heterocycles. The summed E-state index contributed by atoms with van der Waals surface area (Å²) in [5.74, 6) is 1.25. The summed E-state index contributed by atoms with van der Waals surface area (Å²) in [5.41, 5.74) is 3.18.